The average Bonchev–Trinajstić information content (AvgIpc) is 2.45. The van der Waals surface area contributed by atoms with E-state index < -0.39 is 0 Å². The van der Waals surface area contributed by atoms with Gasteiger partial charge in [-0.2, -0.15) is 0 Å². The molecule has 0 heterocycles. The number of amides is 1. The third-order valence-electron chi connectivity index (χ3n) is 2.84. The van der Waals surface area contributed by atoms with Crippen LogP contribution in [-0.4, -0.2) is 13.0 Å². The fourth-order valence-electron chi connectivity index (χ4n) is 1.78. The van der Waals surface area contributed by atoms with Gasteiger partial charge < -0.3 is 15.8 Å². The predicted molar refractivity (Wildman–Crippen MR) is 75.0 cm³/mol. The number of nitrogens with two attached hydrogens (primary N) is 1. The number of hydrogen-bond acceptors (Lipinski definition) is 3. The zero-order valence-electron chi connectivity index (χ0n) is 11.0. The maximum Gasteiger partial charge on any atom is 0.251 e. The molecule has 0 saturated heterocycles. The van der Waals surface area contributed by atoms with E-state index in [0.717, 1.165) is 0 Å². The molecule has 2 aromatic rings. The Morgan fingerprint density at radius 2 is 2.10 bits per heavy atom. The quantitative estimate of drug-likeness (QED) is 0.841. The molecule has 104 valence electrons. The number of hydrogen-bond donors (Lipinski definition) is 2. The zero-order chi connectivity index (χ0) is 14.5. The van der Waals surface area contributed by atoms with E-state index in [4.69, 9.17) is 10.5 Å². The number of halogens is 1. The molecule has 1 amide bonds. The number of ether oxygens (including phenoxy) is 1. The molecule has 0 fully saturated rings. The fourth-order valence-corrected chi connectivity index (χ4v) is 1.78. The lowest BCUT2D eigenvalue weighted by atomic mass is 10.1. The molecular formula is C15H15FN2O2. The summed E-state index contributed by atoms with van der Waals surface area (Å²) in [6, 6.07) is 10.9. The van der Waals surface area contributed by atoms with Gasteiger partial charge in [-0.1, -0.05) is 12.1 Å². The molecule has 0 aliphatic heterocycles. The van der Waals surface area contributed by atoms with E-state index in [2.05, 4.69) is 5.32 Å². The lowest BCUT2D eigenvalue weighted by molar-refractivity contribution is 0.0950. The van der Waals surface area contributed by atoms with Crippen molar-refractivity contribution in [3.8, 4) is 5.75 Å². The van der Waals surface area contributed by atoms with Gasteiger partial charge >= 0.3 is 0 Å². The van der Waals surface area contributed by atoms with Crippen LogP contribution in [0.15, 0.2) is 42.5 Å². The van der Waals surface area contributed by atoms with Gasteiger partial charge in [0.1, 0.15) is 11.6 Å². The predicted octanol–water partition coefficient (Wildman–Crippen LogP) is 2.35. The molecule has 0 unspecified atom stereocenters. The number of carbonyl (C=O) groups is 1. The first-order valence-corrected chi connectivity index (χ1v) is 6.06. The van der Waals surface area contributed by atoms with Crippen LogP contribution in [0.1, 0.15) is 15.9 Å². The van der Waals surface area contributed by atoms with Crippen LogP contribution >= 0.6 is 0 Å². The second kappa shape index (κ2) is 6.06. The molecule has 0 atom stereocenters. The van der Waals surface area contributed by atoms with Crippen LogP contribution in [0.25, 0.3) is 0 Å². The summed E-state index contributed by atoms with van der Waals surface area (Å²) in [4.78, 5) is 12.0. The van der Waals surface area contributed by atoms with Crippen LogP contribution in [0.4, 0.5) is 10.1 Å². The second-order valence-corrected chi connectivity index (χ2v) is 4.27. The number of rotatable bonds is 4. The number of nitrogens with one attached hydrogen (secondary N) is 1. The van der Waals surface area contributed by atoms with Gasteiger partial charge in [-0.3, -0.25) is 4.79 Å². The topological polar surface area (TPSA) is 64.3 Å². The Bertz CT molecular complexity index is 629. The van der Waals surface area contributed by atoms with Gasteiger partial charge in [0.05, 0.1) is 12.8 Å². The van der Waals surface area contributed by atoms with Crippen LogP contribution in [0, 0.1) is 5.82 Å². The van der Waals surface area contributed by atoms with E-state index in [1.54, 1.807) is 30.3 Å². The molecule has 0 radical (unpaired) electrons. The highest BCUT2D eigenvalue weighted by Crippen LogP contribution is 2.22. The minimum Gasteiger partial charge on any atom is -0.495 e. The minimum absolute atomic E-state index is 0.253. The minimum atomic E-state index is -0.328. The van der Waals surface area contributed by atoms with Gasteiger partial charge in [-0.25, -0.2) is 4.39 Å². The normalized spacial score (nSPS) is 10.1. The number of benzene rings is 2. The third kappa shape index (κ3) is 3.26. The Balaban J connectivity index is 2.05. The molecule has 5 heteroatoms. The molecule has 0 aliphatic rings. The van der Waals surface area contributed by atoms with Crippen LogP contribution in [-0.2, 0) is 6.54 Å². The number of carbonyl (C=O) groups excluding carboxylic acids is 1. The van der Waals surface area contributed by atoms with Crippen molar-refractivity contribution in [3.05, 3.63) is 59.4 Å². The Kier molecular flexibility index (Phi) is 4.20. The van der Waals surface area contributed by atoms with Crippen molar-refractivity contribution in [2.45, 2.75) is 6.54 Å². The first-order chi connectivity index (χ1) is 9.60. The smallest absolute Gasteiger partial charge is 0.251 e. The van der Waals surface area contributed by atoms with Crippen molar-refractivity contribution < 1.29 is 13.9 Å². The van der Waals surface area contributed by atoms with Crippen LogP contribution < -0.4 is 15.8 Å². The van der Waals surface area contributed by atoms with E-state index in [1.807, 2.05) is 0 Å². The summed E-state index contributed by atoms with van der Waals surface area (Å²) >= 11 is 0. The maximum atomic E-state index is 13.0. The molecule has 0 aromatic heterocycles. The molecule has 2 rings (SSSR count). The monoisotopic (exact) mass is 274 g/mol. The second-order valence-electron chi connectivity index (χ2n) is 4.27. The summed E-state index contributed by atoms with van der Waals surface area (Å²) in [5, 5.41) is 2.71. The van der Waals surface area contributed by atoms with Gasteiger partial charge in [0.15, 0.2) is 0 Å². The van der Waals surface area contributed by atoms with Crippen LogP contribution in [0.5, 0.6) is 5.75 Å². The summed E-state index contributed by atoms with van der Waals surface area (Å²) in [6.45, 7) is 0.253. The standard InChI is InChI=1S/C15H15FN2O2/c1-20-14-8-11(5-6-13(14)17)15(19)18-9-10-3-2-4-12(16)7-10/h2-8H,9,17H2,1H3,(H,18,19). The van der Waals surface area contributed by atoms with E-state index in [-0.39, 0.29) is 18.3 Å². The van der Waals surface area contributed by atoms with Gasteiger partial charge in [0.25, 0.3) is 5.91 Å². The lowest BCUT2D eigenvalue weighted by Crippen LogP contribution is -2.22. The molecule has 20 heavy (non-hydrogen) atoms. The average molecular weight is 274 g/mol. The lowest BCUT2D eigenvalue weighted by Gasteiger charge is -2.08. The molecule has 2 aromatic carbocycles. The van der Waals surface area contributed by atoms with Crippen molar-refractivity contribution in [2.24, 2.45) is 0 Å². The van der Waals surface area contributed by atoms with Gasteiger partial charge in [0, 0.05) is 12.1 Å². The fraction of sp³-hybridized carbons (Fsp3) is 0.133. The van der Waals surface area contributed by atoms with Gasteiger partial charge in [-0.05, 0) is 35.9 Å². The first-order valence-electron chi connectivity index (χ1n) is 6.06. The summed E-state index contributed by atoms with van der Waals surface area (Å²) in [5.41, 5.74) is 7.28. The van der Waals surface area contributed by atoms with Crippen LogP contribution in [0.3, 0.4) is 0 Å². The van der Waals surface area contributed by atoms with Crippen molar-refractivity contribution in [2.75, 3.05) is 12.8 Å². The van der Waals surface area contributed by atoms with Crippen molar-refractivity contribution in [3.63, 3.8) is 0 Å². The van der Waals surface area contributed by atoms with Crippen LogP contribution in [0.2, 0.25) is 0 Å². The summed E-state index contributed by atoms with van der Waals surface area (Å²) in [6.07, 6.45) is 0. The third-order valence-corrected chi connectivity index (χ3v) is 2.84. The van der Waals surface area contributed by atoms with Gasteiger partial charge in [-0.15, -0.1) is 0 Å². The molecule has 0 spiro atoms. The summed E-state index contributed by atoms with van der Waals surface area (Å²) in [5.74, 6) is -0.151. The maximum absolute atomic E-state index is 13.0. The molecule has 0 saturated carbocycles. The highest BCUT2D eigenvalue weighted by molar-refractivity contribution is 5.95. The largest absolute Gasteiger partial charge is 0.495 e. The van der Waals surface area contributed by atoms with Crippen molar-refractivity contribution >= 4 is 11.6 Å². The van der Waals surface area contributed by atoms with Crippen molar-refractivity contribution in [1.82, 2.24) is 5.32 Å². The summed E-state index contributed by atoms with van der Waals surface area (Å²) in [7, 11) is 1.49. The number of anilines is 1. The zero-order valence-corrected chi connectivity index (χ0v) is 11.0. The van der Waals surface area contributed by atoms with E-state index in [1.165, 1.54) is 19.2 Å². The van der Waals surface area contributed by atoms with Crippen molar-refractivity contribution in [1.29, 1.82) is 0 Å². The molecule has 0 bridgehead atoms. The summed E-state index contributed by atoms with van der Waals surface area (Å²) < 4.78 is 18.1. The Labute approximate surface area is 116 Å². The Morgan fingerprint density at radius 3 is 2.80 bits per heavy atom. The highest BCUT2D eigenvalue weighted by Gasteiger charge is 2.08. The van der Waals surface area contributed by atoms with E-state index >= 15 is 0 Å². The molecule has 3 N–H and O–H groups in total. The molecule has 4 nitrogen and oxygen atoms in total. The highest BCUT2D eigenvalue weighted by atomic mass is 19.1. The van der Waals surface area contributed by atoms with E-state index in [9.17, 15) is 9.18 Å². The Hall–Kier alpha value is -2.56. The molecule has 0 aliphatic carbocycles. The number of methoxy groups -OCH3 is 1. The number of nitrogen functional groups attached to an aromatic ring is 1. The van der Waals surface area contributed by atoms with Gasteiger partial charge in [0.2, 0.25) is 0 Å². The Morgan fingerprint density at radius 1 is 1.30 bits per heavy atom. The SMILES string of the molecule is COc1cc(C(=O)NCc2cccc(F)c2)ccc1N. The molecular weight excluding hydrogens is 259 g/mol. The first kappa shape index (κ1) is 13.9. The van der Waals surface area contributed by atoms with E-state index in [0.29, 0.717) is 22.6 Å².